The van der Waals surface area contributed by atoms with Gasteiger partial charge in [-0.2, -0.15) is 0 Å². The predicted octanol–water partition coefficient (Wildman–Crippen LogP) is 2.02. The standard InChI is InChI=1S/C12H23NO/c1-11-8-13(9-11)10-12(14)6-4-2-3-5-7-12/h11,14H,2-10H2,1H3. The lowest BCUT2D eigenvalue weighted by atomic mass is 9.91. The van der Waals surface area contributed by atoms with Gasteiger partial charge in [0.15, 0.2) is 0 Å². The highest BCUT2D eigenvalue weighted by atomic mass is 16.3. The third kappa shape index (κ3) is 2.48. The fourth-order valence-corrected chi connectivity index (χ4v) is 2.92. The lowest BCUT2D eigenvalue weighted by Gasteiger charge is -2.42. The van der Waals surface area contributed by atoms with E-state index in [1.54, 1.807) is 0 Å². The molecule has 0 spiro atoms. The van der Waals surface area contributed by atoms with Crippen molar-refractivity contribution in [1.29, 1.82) is 0 Å². The van der Waals surface area contributed by atoms with Crippen molar-refractivity contribution in [2.45, 2.75) is 51.0 Å². The molecule has 0 bridgehead atoms. The Labute approximate surface area is 87.3 Å². The third-order valence-electron chi connectivity index (χ3n) is 3.69. The van der Waals surface area contributed by atoms with E-state index in [0.29, 0.717) is 0 Å². The molecule has 14 heavy (non-hydrogen) atoms. The van der Waals surface area contributed by atoms with Gasteiger partial charge in [0.2, 0.25) is 0 Å². The van der Waals surface area contributed by atoms with E-state index in [-0.39, 0.29) is 5.60 Å². The Kier molecular flexibility index (Phi) is 3.13. The van der Waals surface area contributed by atoms with Crippen LogP contribution < -0.4 is 0 Å². The van der Waals surface area contributed by atoms with Crippen molar-refractivity contribution in [3.63, 3.8) is 0 Å². The van der Waals surface area contributed by atoms with E-state index in [9.17, 15) is 5.11 Å². The molecule has 2 rings (SSSR count). The van der Waals surface area contributed by atoms with Crippen molar-refractivity contribution in [2.24, 2.45) is 5.92 Å². The molecule has 0 amide bonds. The molecule has 1 heterocycles. The van der Waals surface area contributed by atoms with Crippen molar-refractivity contribution in [2.75, 3.05) is 19.6 Å². The molecule has 0 atom stereocenters. The largest absolute Gasteiger partial charge is 0.389 e. The van der Waals surface area contributed by atoms with Crippen LogP contribution in [0.1, 0.15) is 45.4 Å². The zero-order valence-electron chi connectivity index (χ0n) is 9.34. The number of nitrogens with zero attached hydrogens (tertiary/aromatic N) is 1. The first kappa shape index (κ1) is 10.4. The van der Waals surface area contributed by atoms with Crippen LogP contribution in [0.2, 0.25) is 0 Å². The monoisotopic (exact) mass is 197 g/mol. The van der Waals surface area contributed by atoms with Gasteiger partial charge in [-0.3, -0.25) is 4.90 Å². The second-order valence-corrected chi connectivity index (χ2v) is 5.44. The molecule has 1 aliphatic carbocycles. The summed E-state index contributed by atoms with van der Waals surface area (Å²) in [6.45, 7) is 5.61. The van der Waals surface area contributed by atoms with Crippen molar-refractivity contribution < 1.29 is 5.11 Å². The summed E-state index contributed by atoms with van der Waals surface area (Å²) >= 11 is 0. The molecule has 0 aromatic heterocycles. The summed E-state index contributed by atoms with van der Waals surface area (Å²) in [5.74, 6) is 0.851. The van der Waals surface area contributed by atoms with Crippen LogP contribution in [0.3, 0.4) is 0 Å². The van der Waals surface area contributed by atoms with Crippen molar-refractivity contribution in [3.8, 4) is 0 Å². The number of β-amino-alcohol motifs (C(OH)–C–C–N with tert-alkyl or cyclic N) is 1. The lowest BCUT2D eigenvalue weighted by Crippen LogP contribution is -2.52. The van der Waals surface area contributed by atoms with E-state index in [0.717, 1.165) is 25.3 Å². The summed E-state index contributed by atoms with van der Waals surface area (Å²) in [5.41, 5.74) is -0.351. The van der Waals surface area contributed by atoms with Gasteiger partial charge in [-0.25, -0.2) is 0 Å². The highest BCUT2D eigenvalue weighted by Gasteiger charge is 2.33. The molecule has 1 aliphatic heterocycles. The van der Waals surface area contributed by atoms with Gasteiger partial charge in [-0.15, -0.1) is 0 Å². The Morgan fingerprint density at radius 2 is 1.71 bits per heavy atom. The fraction of sp³-hybridized carbons (Fsp3) is 1.00. The Hall–Kier alpha value is -0.0800. The highest BCUT2D eigenvalue weighted by Crippen LogP contribution is 2.29. The normalized spacial score (nSPS) is 29.6. The second-order valence-electron chi connectivity index (χ2n) is 5.44. The van der Waals surface area contributed by atoms with Gasteiger partial charge >= 0.3 is 0 Å². The zero-order chi connectivity index (χ0) is 10.0. The summed E-state index contributed by atoms with van der Waals surface area (Å²) in [7, 11) is 0. The maximum absolute atomic E-state index is 10.4. The molecule has 0 aromatic rings. The van der Waals surface area contributed by atoms with Gasteiger partial charge in [-0.05, 0) is 18.8 Å². The fourth-order valence-electron chi connectivity index (χ4n) is 2.92. The summed E-state index contributed by atoms with van der Waals surface area (Å²) < 4.78 is 0. The van der Waals surface area contributed by atoms with Gasteiger partial charge in [0.05, 0.1) is 5.60 Å². The maximum atomic E-state index is 10.4. The molecule has 2 heteroatoms. The quantitative estimate of drug-likeness (QED) is 0.685. The minimum Gasteiger partial charge on any atom is -0.389 e. The van der Waals surface area contributed by atoms with Crippen LogP contribution in [0.15, 0.2) is 0 Å². The van der Waals surface area contributed by atoms with Gasteiger partial charge in [0.1, 0.15) is 0 Å². The van der Waals surface area contributed by atoms with Crippen molar-refractivity contribution in [3.05, 3.63) is 0 Å². The topological polar surface area (TPSA) is 23.5 Å². The van der Waals surface area contributed by atoms with Crippen LogP contribution in [0.25, 0.3) is 0 Å². The number of aliphatic hydroxyl groups is 1. The molecule has 1 saturated carbocycles. The summed E-state index contributed by atoms with van der Waals surface area (Å²) in [6, 6.07) is 0. The number of likely N-dealkylation sites (tertiary alicyclic amines) is 1. The molecule has 1 N–H and O–H groups in total. The van der Waals surface area contributed by atoms with Crippen molar-refractivity contribution in [1.82, 2.24) is 4.90 Å². The van der Waals surface area contributed by atoms with Crippen LogP contribution in [0, 0.1) is 5.92 Å². The molecular formula is C12H23NO. The number of hydrogen-bond acceptors (Lipinski definition) is 2. The molecule has 1 saturated heterocycles. The van der Waals surface area contributed by atoms with Crippen LogP contribution in [-0.4, -0.2) is 35.2 Å². The first-order valence-electron chi connectivity index (χ1n) is 6.13. The first-order chi connectivity index (χ1) is 6.68. The lowest BCUT2D eigenvalue weighted by molar-refractivity contribution is -0.0377. The van der Waals surface area contributed by atoms with Crippen molar-refractivity contribution >= 4 is 0 Å². The number of hydrogen-bond donors (Lipinski definition) is 1. The smallest absolute Gasteiger partial charge is 0.0774 e. The van der Waals surface area contributed by atoms with Crippen LogP contribution in [-0.2, 0) is 0 Å². The molecule has 2 aliphatic rings. The van der Waals surface area contributed by atoms with Crippen LogP contribution in [0.5, 0.6) is 0 Å². The zero-order valence-corrected chi connectivity index (χ0v) is 9.34. The molecule has 0 radical (unpaired) electrons. The third-order valence-corrected chi connectivity index (χ3v) is 3.69. The second kappa shape index (κ2) is 4.19. The SMILES string of the molecule is CC1CN(CC2(O)CCCCCC2)C1. The molecule has 2 fully saturated rings. The van der Waals surface area contributed by atoms with Crippen LogP contribution in [0.4, 0.5) is 0 Å². The van der Waals surface area contributed by atoms with Gasteiger partial charge in [0, 0.05) is 19.6 Å². The Balaban J connectivity index is 1.81. The summed E-state index contributed by atoms with van der Waals surface area (Å²) in [5, 5.41) is 10.4. The van der Waals surface area contributed by atoms with E-state index in [2.05, 4.69) is 11.8 Å². The summed E-state index contributed by atoms with van der Waals surface area (Å²) in [6.07, 6.45) is 7.13. The molecule has 2 nitrogen and oxygen atoms in total. The molecule has 82 valence electrons. The Morgan fingerprint density at radius 3 is 2.21 bits per heavy atom. The van der Waals surface area contributed by atoms with Crippen LogP contribution >= 0.6 is 0 Å². The highest BCUT2D eigenvalue weighted by molar-refractivity contribution is 4.88. The first-order valence-corrected chi connectivity index (χ1v) is 6.13. The number of rotatable bonds is 2. The van der Waals surface area contributed by atoms with E-state index >= 15 is 0 Å². The van der Waals surface area contributed by atoms with Gasteiger partial charge in [0.25, 0.3) is 0 Å². The van der Waals surface area contributed by atoms with E-state index in [4.69, 9.17) is 0 Å². The minimum atomic E-state index is -0.351. The predicted molar refractivity (Wildman–Crippen MR) is 58.3 cm³/mol. The Bertz CT molecular complexity index is 179. The minimum absolute atomic E-state index is 0.351. The average Bonchev–Trinajstić information content (AvgIpc) is 2.28. The maximum Gasteiger partial charge on any atom is 0.0774 e. The van der Waals surface area contributed by atoms with Gasteiger partial charge < -0.3 is 5.11 Å². The van der Waals surface area contributed by atoms with Gasteiger partial charge in [-0.1, -0.05) is 32.6 Å². The summed E-state index contributed by atoms with van der Waals surface area (Å²) in [4.78, 5) is 2.41. The van der Waals surface area contributed by atoms with E-state index < -0.39 is 0 Å². The molecule has 0 unspecified atom stereocenters. The van der Waals surface area contributed by atoms with E-state index in [1.807, 2.05) is 0 Å². The average molecular weight is 197 g/mol. The molecule has 0 aromatic carbocycles. The van der Waals surface area contributed by atoms with E-state index in [1.165, 1.54) is 38.8 Å². The molecular weight excluding hydrogens is 174 g/mol. The Morgan fingerprint density at radius 1 is 1.14 bits per heavy atom.